The molecular weight excluding hydrogens is 226 g/mol. The standard InChI is InChI=1S/C14H21N3O/c1-2-9-17(11-12-5-3-7-15-10-12)14(18)13-6-4-8-16-13/h3,5,7,10,13,16H,2,4,6,8-9,11H2,1H3/t13-/m0/s1. The summed E-state index contributed by atoms with van der Waals surface area (Å²) in [5, 5.41) is 3.27. The molecule has 0 aromatic carbocycles. The molecule has 0 unspecified atom stereocenters. The summed E-state index contributed by atoms with van der Waals surface area (Å²) in [6, 6.07) is 3.95. The number of carbonyl (C=O) groups is 1. The first kappa shape index (κ1) is 13.0. The molecule has 1 atom stereocenters. The van der Waals surface area contributed by atoms with E-state index in [1.165, 1.54) is 0 Å². The number of nitrogens with one attached hydrogen (secondary N) is 1. The van der Waals surface area contributed by atoms with Gasteiger partial charge in [0.2, 0.25) is 5.91 Å². The highest BCUT2D eigenvalue weighted by Crippen LogP contribution is 2.12. The summed E-state index contributed by atoms with van der Waals surface area (Å²) < 4.78 is 0. The summed E-state index contributed by atoms with van der Waals surface area (Å²) in [5.74, 6) is 0.234. The summed E-state index contributed by atoms with van der Waals surface area (Å²) in [6.07, 6.45) is 6.64. The van der Waals surface area contributed by atoms with E-state index in [0.717, 1.165) is 37.9 Å². The van der Waals surface area contributed by atoms with Gasteiger partial charge in [-0.1, -0.05) is 13.0 Å². The highest BCUT2D eigenvalue weighted by molar-refractivity contribution is 5.82. The molecule has 1 aliphatic rings. The van der Waals surface area contributed by atoms with Crippen LogP contribution in [0.15, 0.2) is 24.5 Å². The van der Waals surface area contributed by atoms with E-state index in [1.807, 2.05) is 23.2 Å². The van der Waals surface area contributed by atoms with Crippen molar-refractivity contribution in [3.63, 3.8) is 0 Å². The molecule has 1 aromatic heterocycles. The molecule has 0 spiro atoms. The Hall–Kier alpha value is -1.42. The summed E-state index contributed by atoms with van der Waals surface area (Å²) >= 11 is 0. The third-order valence-corrected chi connectivity index (χ3v) is 3.26. The van der Waals surface area contributed by atoms with Crippen molar-refractivity contribution < 1.29 is 4.79 Å². The smallest absolute Gasteiger partial charge is 0.240 e. The van der Waals surface area contributed by atoms with Crippen molar-refractivity contribution in [2.75, 3.05) is 13.1 Å². The Morgan fingerprint density at radius 1 is 1.61 bits per heavy atom. The van der Waals surface area contributed by atoms with Crippen molar-refractivity contribution in [1.29, 1.82) is 0 Å². The Labute approximate surface area is 108 Å². The van der Waals surface area contributed by atoms with Gasteiger partial charge in [0, 0.05) is 25.5 Å². The predicted octanol–water partition coefficient (Wildman–Crippen LogP) is 1.57. The van der Waals surface area contributed by atoms with E-state index in [1.54, 1.807) is 6.20 Å². The fourth-order valence-corrected chi connectivity index (χ4v) is 2.36. The molecule has 1 aliphatic heterocycles. The van der Waals surface area contributed by atoms with Crippen LogP contribution in [0.4, 0.5) is 0 Å². The summed E-state index contributed by atoms with van der Waals surface area (Å²) in [5.41, 5.74) is 1.09. The zero-order valence-electron chi connectivity index (χ0n) is 10.9. The van der Waals surface area contributed by atoms with Crippen LogP contribution < -0.4 is 5.32 Å². The van der Waals surface area contributed by atoms with Gasteiger partial charge in [-0.2, -0.15) is 0 Å². The minimum atomic E-state index is 0.0215. The lowest BCUT2D eigenvalue weighted by molar-refractivity contribution is -0.133. The van der Waals surface area contributed by atoms with Crippen LogP contribution in [0.1, 0.15) is 31.7 Å². The fourth-order valence-electron chi connectivity index (χ4n) is 2.36. The first-order chi connectivity index (χ1) is 8.81. The van der Waals surface area contributed by atoms with Gasteiger partial charge in [-0.15, -0.1) is 0 Å². The van der Waals surface area contributed by atoms with E-state index in [0.29, 0.717) is 6.54 Å². The number of aromatic nitrogens is 1. The second-order valence-electron chi connectivity index (χ2n) is 4.77. The van der Waals surface area contributed by atoms with Gasteiger partial charge in [0.05, 0.1) is 6.04 Å². The van der Waals surface area contributed by atoms with Crippen molar-refractivity contribution in [2.45, 2.75) is 38.8 Å². The van der Waals surface area contributed by atoms with Gasteiger partial charge in [-0.05, 0) is 37.4 Å². The average molecular weight is 247 g/mol. The van der Waals surface area contributed by atoms with Crippen LogP contribution in [0.5, 0.6) is 0 Å². The number of hydrogen-bond acceptors (Lipinski definition) is 3. The van der Waals surface area contributed by atoms with Crippen LogP contribution in [-0.2, 0) is 11.3 Å². The molecule has 0 saturated carbocycles. The van der Waals surface area contributed by atoms with Crippen LogP contribution in [0.2, 0.25) is 0 Å². The molecule has 98 valence electrons. The zero-order valence-corrected chi connectivity index (χ0v) is 10.9. The number of nitrogens with zero attached hydrogens (tertiary/aromatic N) is 2. The Bertz CT molecular complexity index is 374. The van der Waals surface area contributed by atoms with E-state index >= 15 is 0 Å². The van der Waals surface area contributed by atoms with Crippen molar-refractivity contribution >= 4 is 5.91 Å². The molecule has 0 radical (unpaired) electrons. The topological polar surface area (TPSA) is 45.2 Å². The molecule has 4 nitrogen and oxygen atoms in total. The van der Waals surface area contributed by atoms with Gasteiger partial charge < -0.3 is 10.2 Å². The van der Waals surface area contributed by atoms with Crippen LogP contribution in [0.25, 0.3) is 0 Å². The van der Waals surface area contributed by atoms with E-state index in [2.05, 4.69) is 17.2 Å². The van der Waals surface area contributed by atoms with Crippen LogP contribution in [0, 0.1) is 0 Å². The van der Waals surface area contributed by atoms with E-state index in [9.17, 15) is 4.79 Å². The molecule has 2 heterocycles. The zero-order chi connectivity index (χ0) is 12.8. The lowest BCUT2D eigenvalue weighted by Crippen LogP contribution is -2.43. The van der Waals surface area contributed by atoms with E-state index < -0.39 is 0 Å². The summed E-state index contributed by atoms with van der Waals surface area (Å²) in [6.45, 7) is 4.54. The molecule has 0 bridgehead atoms. The number of amides is 1. The monoisotopic (exact) mass is 247 g/mol. The summed E-state index contributed by atoms with van der Waals surface area (Å²) in [4.78, 5) is 18.4. The average Bonchev–Trinajstić information content (AvgIpc) is 2.92. The molecule has 1 amide bonds. The van der Waals surface area contributed by atoms with Gasteiger partial charge in [0.25, 0.3) is 0 Å². The molecule has 18 heavy (non-hydrogen) atoms. The summed E-state index contributed by atoms with van der Waals surface area (Å²) in [7, 11) is 0. The Morgan fingerprint density at radius 3 is 3.11 bits per heavy atom. The maximum atomic E-state index is 12.4. The SMILES string of the molecule is CCCN(Cc1cccnc1)C(=O)[C@@H]1CCCN1. The predicted molar refractivity (Wildman–Crippen MR) is 71.0 cm³/mol. The second kappa shape index (κ2) is 6.50. The molecule has 1 aromatic rings. The lowest BCUT2D eigenvalue weighted by atomic mass is 10.1. The Kier molecular flexibility index (Phi) is 4.70. The van der Waals surface area contributed by atoms with Gasteiger partial charge in [-0.3, -0.25) is 9.78 Å². The van der Waals surface area contributed by atoms with Gasteiger partial charge >= 0.3 is 0 Å². The number of rotatable bonds is 5. The largest absolute Gasteiger partial charge is 0.337 e. The molecule has 4 heteroatoms. The highest BCUT2D eigenvalue weighted by Gasteiger charge is 2.26. The first-order valence-electron chi connectivity index (χ1n) is 6.72. The number of carbonyl (C=O) groups excluding carboxylic acids is 1. The minimum absolute atomic E-state index is 0.0215. The van der Waals surface area contributed by atoms with Gasteiger partial charge in [0.15, 0.2) is 0 Å². The number of hydrogen-bond donors (Lipinski definition) is 1. The molecule has 1 saturated heterocycles. The lowest BCUT2D eigenvalue weighted by Gasteiger charge is -2.25. The molecular formula is C14H21N3O. The van der Waals surface area contributed by atoms with Crippen molar-refractivity contribution in [3.05, 3.63) is 30.1 Å². The quantitative estimate of drug-likeness (QED) is 0.859. The van der Waals surface area contributed by atoms with Crippen molar-refractivity contribution in [2.24, 2.45) is 0 Å². The molecule has 2 rings (SSSR count). The maximum Gasteiger partial charge on any atom is 0.240 e. The van der Waals surface area contributed by atoms with Crippen molar-refractivity contribution in [1.82, 2.24) is 15.2 Å². The minimum Gasteiger partial charge on any atom is -0.337 e. The second-order valence-corrected chi connectivity index (χ2v) is 4.77. The normalized spacial score (nSPS) is 18.8. The fraction of sp³-hybridized carbons (Fsp3) is 0.571. The van der Waals surface area contributed by atoms with E-state index in [4.69, 9.17) is 0 Å². The third-order valence-electron chi connectivity index (χ3n) is 3.26. The molecule has 1 N–H and O–H groups in total. The Morgan fingerprint density at radius 2 is 2.50 bits per heavy atom. The van der Waals surface area contributed by atoms with Crippen molar-refractivity contribution in [3.8, 4) is 0 Å². The van der Waals surface area contributed by atoms with Gasteiger partial charge in [0.1, 0.15) is 0 Å². The molecule has 0 aliphatic carbocycles. The maximum absolute atomic E-state index is 12.4. The van der Waals surface area contributed by atoms with Crippen LogP contribution >= 0.6 is 0 Å². The molecule has 1 fully saturated rings. The Balaban J connectivity index is 2.00. The first-order valence-corrected chi connectivity index (χ1v) is 6.72. The number of pyridine rings is 1. The van der Waals surface area contributed by atoms with Gasteiger partial charge in [-0.25, -0.2) is 0 Å². The third kappa shape index (κ3) is 3.29. The van der Waals surface area contributed by atoms with Crippen LogP contribution in [0.3, 0.4) is 0 Å². The van der Waals surface area contributed by atoms with Crippen LogP contribution in [-0.4, -0.2) is 34.9 Å². The highest BCUT2D eigenvalue weighted by atomic mass is 16.2. The van der Waals surface area contributed by atoms with E-state index in [-0.39, 0.29) is 11.9 Å².